The Bertz CT molecular complexity index is 1260. The van der Waals surface area contributed by atoms with Crippen LogP contribution < -0.4 is 0 Å². The first-order chi connectivity index (χ1) is 15.5. The van der Waals surface area contributed by atoms with E-state index in [4.69, 9.17) is 4.52 Å². The van der Waals surface area contributed by atoms with Crippen LogP contribution in [0, 0.1) is 20.8 Å². The van der Waals surface area contributed by atoms with Crippen molar-refractivity contribution in [1.82, 2.24) is 25.1 Å². The average molecular weight is 428 g/mol. The maximum atomic E-state index is 13.7. The van der Waals surface area contributed by atoms with Gasteiger partial charge in [0.05, 0.1) is 29.7 Å². The lowest BCUT2D eigenvalue weighted by Gasteiger charge is -2.24. The molecule has 1 unspecified atom stereocenters. The lowest BCUT2D eigenvalue weighted by molar-refractivity contribution is 0.0714. The van der Waals surface area contributed by atoms with Gasteiger partial charge in [-0.15, -0.1) is 0 Å². The molecule has 1 aliphatic rings. The molecule has 0 spiro atoms. The number of carbonyl (C=O) groups excluding carboxylic acids is 1. The number of nitrogens with zero attached hydrogens (tertiary/aromatic N) is 5. The van der Waals surface area contributed by atoms with Gasteiger partial charge in [-0.05, 0) is 57.9 Å². The van der Waals surface area contributed by atoms with Crippen LogP contribution >= 0.6 is 0 Å². The zero-order chi connectivity index (χ0) is 22.2. The van der Waals surface area contributed by atoms with E-state index in [-0.39, 0.29) is 11.9 Å². The Hall–Kier alpha value is -3.74. The molecule has 3 heterocycles. The van der Waals surface area contributed by atoms with Gasteiger partial charge in [0, 0.05) is 18.2 Å². The Balaban J connectivity index is 1.47. The number of hydrogen-bond donors (Lipinski definition) is 0. The minimum absolute atomic E-state index is 0.0483. The van der Waals surface area contributed by atoms with E-state index in [2.05, 4.69) is 47.4 Å². The second kappa shape index (κ2) is 8.07. The Morgan fingerprint density at radius 2 is 1.72 bits per heavy atom. The highest BCUT2D eigenvalue weighted by Gasteiger charge is 2.34. The summed E-state index contributed by atoms with van der Waals surface area (Å²) in [5.74, 6) is 0.671. The molecule has 7 heteroatoms. The Kier molecular flexibility index (Phi) is 5.09. The topological polar surface area (TPSA) is 77.0 Å². The summed E-state index contributed by atoms with van der Waals surface area (Å²) in [6.07, 6.45) is 4.97. The van der Waals surface area contributed by atoms with E-state index in [9.17, 15) is 4.79 Å². The molecule has 1 aliphatic heterocycles. The fraction of sp³-hybridized carbons (Fsp3) is 0.280. The van der Waals surface area contributed by atoms with E-state index in [1.807, 2.05) is 36.1 Å². The number of hydrogen-bond acceptors (Lipinski definition) is 5. The summed E-state index contributed by atoms with van der Waals surface area (Å²) in [5.41, 5.74) is 6.45. The van der Waals surface area contributed by atoms with Crippen LogP contribution in [0.15, 0.2) is 59.4 Å². The normalized spacial score (nSPS) is 16.0. The predicted octanol–water partition coefficient (Wildman–Crippen LogP) is 4.82. The fourth-order valence-electron chi connectivity index (χ4n) is 4.50. The van der Waals surface area contributed by atoms with Crippen LogP contribution in [-0.4, -0.2) is 37.5 Å². The van der Waals surface area contributed by atoms with E-state index < -0.39 is 0 Å². The van der Waals surface area contributed by atoms with E-state index in [0.717, 1.165) is 35.4 Å². The number of likely N-dealkylation sites (tertiary alicyclic amines) is 1. The van der Waals surface area contributed by atoms with Gasteiger partial charge >= 0.3 is 0 Å². The Morgan fingerprint density at radius 1 is 0.969 bits per heavy atom. The van der Waals surface area contributed by atoms with Crippen molar-refractivity contribution < 1.29 is 9.32 Å². The Morgan fingerprint density at radius 3 is 2.47 bits per heavy atom. The smallest absolute Gasteiger partial charge is 0.256 e. The van der Waals surface area contributed by atoms with Crippen LogP contribution in [0.5, 0.6) is 0 Å². The fourth-order valence-corrected chi connectivity index (χ4v) is 4.50. The quantitative estimate of drug-likeness (QED) is 0.466. The summed E-state index contributed by atoms with van der Waals surface area (Å²) in [6.45, 7) is 6.79. The van der Waals surface area contributed by atoms with E-state index in [0.29, 0.717) is 17.8 Å². The number of rotatable bonds is 4. The molecule has 5 rings (SSSR count). The first-order valence-corrected chi connectivity index (χ1v) is 10.8. The number of aryl methyl sites for hydroxylation is 3. The molecule has 1 fully saturated rings. The van der Waals surface area contributed by atoms with Crippen LogP contribution in [0.3, 0.4) is 0 Å². The van der Waals surface area contributed by atoms with Crippen molar-refractivity contribution in [2.24, 2.45) is 0 Å². The third kappa shape index (κ3) is 3.70. The second-order valence-corrected chi connectivity index (χ2v) is 8.49. The summed E-state index contributed by atoms with van der Waals surface area (Å²) in [6, 6.07) is 13.9. The summed E-state index contributed by atoms with van der Waals surface area (Å²) in [7, 11) is 0. The van der Waals surface area contributed by atoms with Crippen molar-refractivity contribution in [2.75, 3.05) is 6.54 Å². The van der Waals surface area contributed by atoms with Crippen LogP contribution in [0.25, 0.3) is 16.9 Å². The van der Waals surface area contributed by atoms with Gasteiger partial charge in [0.1, 0.15) is 5.69 Å². The van der Waals surface area contributed by atoms with Gasteiger partial charge in [0.2, 0.25) is 0 Å². The molecule has 1 amide bonds. The van der Waals surface area contributed by atoms with Crippen molar-refractivity contribution in [3.05, 3.63) is 82.9 Å². The molecule has 0 radical (unpaired) electrons. The monoisotopic (exact) mass is 427 g/mol. The summed E-state index contributed by atoms with van der Waals surface area (Å²) in [5, 5.41) is 12.8. The highest BCUT2D eigenvalue weighted by molar-refractivity contribution is 5.98. The molecular weight excluding hydrogens is 402 g/mol. The molecule has 0 bridgehead atoms. The molecule has 162 valence electrons. The molecule has 0 N–H and O–H groups in total. The van der Waals surface area contributed by atoms with Crippen LogP contribution in [0.2, 0.25) is 0 Å². The number of aromatic nitrogens is 4. The van der Waals surface area contributed by atoms with Gasteiger partial charge in [-0.2, -0.15) is 15.0 Å². The average Bonchev–Trinajstić information content (AvgIpc) is 3.53. The van der Waals surface area contributed by atoms with Crippen molar-refractivity contribution >= 4 is 5.91 Å². The second-order valence-electron chi connectivity index (χ2n) is 8.49. The third-order valence-corrected chi connectivity index (χ3v) is 5.90. The van der Waals surface area contributed by atoms with Crippen LogP contribution in [-0.2, 0) is 0 Å². The van der Waals surface area contributed by atoms with Gasteiger partial charge in [-0.25, -0.2) is 0 Å². The van der Waals surface area contributed by atoms with Gasteiger partial charge in [0.15, 0.2) is 5.76 Å². The van der Waals surface area contributed by atoms with Gasteiger partial charge in [-0.3, -0.25) is 4.79 Å². The minimum atomic E-state index is -0.145. The molecule has 7 nitrogen and oxygen atoms in total. The van der Waals surface area contributed by atoms with E-state index >= 15 is 0 Å². The molecule has 1 saturated heterocycles. The van der Waals surface area contributed by atoms with E-state index in [1.165, 1.54) is 15.9 Å². The largest absolute Gasteiger partial charge is 0.359 e. The van der Waals surface area contributed by atoms with Crippen LogP contribution in [0.4, 0.5) is 0 Å². The standard InChI is InChI=1S/C25H25N5O2/c1-16-6-7-22(30-26-8-9-27-30)20(14-16)25(31)29-10-4-5-23(29)24-15-21(28-32-24)19-12-17(2)11-18(3)13-19/h6-9,11-15,23H,4-5,10H2,1-3H3. The molecule has 0 aliphatic carbocycles. The zero-order valence-electron chi connectivity index (χ0n) is 18.4. The molecular formula is C25H25N5O2. The van der Waals surface area contributed by atoms with Crippen molar-refractivity contribution in [2.45, 2.75) is 39.7 Å². The van der Waals surface area contributed by atoms with Gasteiger partial charge in [0.25, 0.3) is 5.91 Å². The Labute approximate surface area is 186 Å². The first-order valence-electron chi connectivity index (χ1n) is 10.8. The maximum absolute atomic E-state index is 13.7. The molecule has 1 atom stereocenters. The lowest BCUT2D eigenvalue weighted by Crippen LogP contribution is -2.31. The molecule has 32 heavy (non-hydrogen) atoms. The summed E-state index contributed by atoms with van der Waals surface area (Å²) < 4.78 is 5.75. The highest BCUT2D eigenvalue weighted by Crippen LogP contribution is 2.36. The van der Waals surface area contributed by atoms with Crippen molar-refractivity contribution in [3.63, 3.8) is 0 Å². The number of benzene rings is 2. The third-order valence-electron chi connectivity index (χ3n) is 5.90. The van der Waals surface area contributed by atoms with Gasteiger partial charge in [-0.1, -0.05) is 34.0 Å². The lowest BCUT2D eigenvalue weighted by atomic mass is 10.0. The van der Waals surface area contributed by atoms with E-state index in [1.54, 1.807) is 12.4 Å². The predicted molar refractivity (Wildman–Crippen MR) is 121 cm³/mol. The number of carbonyl (C=O) groups is 1. The van der Waals surface area contributed by atoms with Crippen LogP contribution in [0.1, 0.15) is 51.7 Å². The highest BCUT2D eigenvalue weighted by atomic mass is 16.5. The first kappa shape index (κ1) is 20.2. The van der Waals surface area contributed by atoms with Gasteiger partial charge < -0.3 is 9.42 Å². The summed E-state index contributed by atoms with van der Waals surface area (Å²) in [4.78, 5) is 17.0. The number of amides is 1. The minimum Gasteiger partial charge on any atom is -0.359 e. The summed E-state index contributed by atoms with van der Waals surface area (Å²) >= 11 is 0. The molecule has 2 aromatic heterocycles. The van der Waals surface area contributed by atoms with Crippen molar-refractivity contribution in [3.8, 4) is 16.9 Å². The maximum Gasteiger partial charge on any atom is 0.256 e. The van der Waals surface area contributed by atoms with Crippen molar-refractivity contribution in [1.29, 1.82) is 0 Å². The zero-order valence-corrected chi connectivity index (χ0v) is 18.4. The molecule has 0 saturated carbocycles. The SMILES string of the molecule is Cc1cc(C)cc(-c2cc(C3CCCN3C(=O)c3cc(C)ccc3-n3nccn3)on2)c1. The molecule has 4 aromatic rings. The molecule has 2 aromatic carbocycles.